The summed E-state index contributed by atoms with van der Waals surface area (Å²) in [7, 11) is -4.26. The van der Waals surface area contributed by atoms with E-state index in [-0.39, 0.29) is 4.90 Å². The number of benzene rings is 1. The molecule has 0 aliphatic carbocycles. The monoisotopic (exact) mass is 263 g/mol. The summed E-state index contributed by atoms with van der Waals surface area (Å²) in [5, 5.41) is 0. The molecule has 0 saturated heterocycles. The highest BCUT2D eigenvalue weighted by Crippen LogP contribution is 2.28. The first-order valence-corrected chi connectivity index (χ1v) is 6.84. The van der Waals surface area contributed by atoms with E-state index in [2.05, 4.69) is 4.98 Å². The molecule has 0 aliphatic rings. The predicted octanol–water partition coefficient (Wildman–Crippen LogP) is 2.61. The Morgan fingerprint density at radius 3 is 2.33 bits per heavy atom. The standard InChI is InChI=1S/C13H13NO3S/c1-9-7-11(12-5-3-4-6-14-12)13(8-10(9)2)18(15,16)17/h3-8H,1-2H3,(H,15,16,17). The lowest BCUT2D eigenvalue weighted by molar-refractivity contribution is 0.483. The Balaban J connectivity index is 2.78. The molecule has 18 heavy (non-hydrogen) atoms. The van der Waals surface area contributed by atoms with Crippen LogP contribution < -0.4 is 0 Å². The molecule has 0 unspecified atom stereocenters. The van der Waals surface area contributed by atoms with Crippen molar-refractivity contribution in [3.63, 3.8) is 0 Å². The molecule has 1 aromatic heterocycles. The van der Waals surface area contributed by atoms with E-state index in [1.165, 1.54) is 6.07 Å². The fraction of sp³-hybridized carbons (Fsp3) is 0.154. The minimum atomic E-state index is -4.26. The van der Waals surface area contributed by atoms with Crippen LogP contribution >= 0.6 is 0 Å². The van der Waals surface area contributed by atoms with E-state index in [0.29, 0.717) is 11.3 Å². The predicted molar refractivity (Wildman–Crippen MR) is 69.0 cm³/mol. The Bertz CT molecular complexity index is 679. The van der Waals surface area contributed by atoms with Crippen LogP contribution in [0.1, 0.15) is 11.1 Å². The second-order valence-electron chi connectivity index (χ2n) is 4.12. The van der Waals surface area contributed by atoms with Crippen molar-refractivity contribution >= 4 is 10.1 Å². The van der Waals surface area contributed by atoms with Gasteiger partial charge < -0.3 is 0 Å². The number of hydrogen-bond acceptors (Lipinski definition) is 3. The normalized spacial score (nSPS) is 11.5. The number of hydrogen-bond donors (Lipinski definition) is 1. The molecule has 0 radical (unpaired) electrons. The van der Waals surface area contributed by atoms with Crippen molar-refractivity contribution in [2.24, 2.45) is 0 Å². The van der Waals surface area contributed by atoms with E-state index in [1.807, 2.05) is 6.92 Å². The summed E-state index contributed by atoms with van der Waals surface area (Å²) in [6.45, 7) is 3.68. The number of aromatic nitrogens is 1. The molecule has 2 rings (SSSR count). The maximum Gasteiger partial charge on any atom is 0.295 e. The minimum absolute atomic E-state index is 0.107. The Hall–Kier alpha value is -1.72. The molecule has 0 amide bonds. The van der Waals surface area contributed by atoms with E-state index in [9.17, 15) is 13.0 Å². The fourth-order valence-electron chi connectivity index (χ4n) is 1.73. The van der Waals surface area contributed by atoms with Gasteiger partial charge in [0.2, 0.25) is 0 Å². The van der Waals surface area contributed by atoms with Gasteiger partial charge in [-0.25, -0.2) is 0 Å². The molecule has 1 heterocycles. The average Bonchev–Trinajstić information content (AvgIpc) is 2.32. The van der Waals surface area contributed by atoms with Crippen molar-refractivity contribution in [3.8, 4) is 11.3 Å². The lowest BCUT2D eigenvalue weighted by atomic mass is 10.0. The van der Waals surface area contributed by atoms with Crippen molar-refractivity contribution in [1.82, 2.24) is 4.98 Å². The van der Waals surface area contributed by atoms with Crippen LogP contribution in [0.25, 0.3) is 11.3 Å². The fourth-order valence-corrected chi connectivity index (χ4v) is 2.49. The second kappa shape index (κ2) is 4.51. The van der Waals surface area contributed by atoms with Gasteiger partial charge in [-0.1, -0.05) is 6.07 Å². The Kier molecular flexibility index (Phi) is 3.19. The van der Waals surface area contributed by atoms with Crippen molar-refractivity contribution in [3.05, 3.63) is 47.7 Å². The summed E-state index contributed by atoms with van der Waals surface area (Å²) in [5.41, 5.74) is 2.69. The molecule has 0 spiro atoms. The number of pyridine rings is 1. The van der Waals surface area contributed by atoms with Crippen LogP contribution in [0.4, 0.5) is 0 Å². The lowest BCUT2D eigenvalue weighted by Gasteiger charge is -2.10. The highest BCUT2D eigenvalue weighted by molar-refractivity contribution is 7.86. The molecule has 5 heteroatoms. The smallest absolute Gasteiger partial charge is 0.282 e. The molecule has 0 fully saturated rings. The molecule has 0 bridgehead atoms. The third-order valence-electron chi connectivity index (χ3n) is 2.81. The van der Waals surface area contributed by atoms with Crippen LogP contribution in [0.2, 0.25) is 0 Å². The zero-order valence-electron chi connectivity index (χ0n) is 10.1. The molecular weight excluding hydrogens is 250 g/mol. The van der Waals surface area contributed by atoms with Crippen molar-refractivity contribution < 1.29 is 13.0 Å². The van der Waals surface area contributed by atoms with Gasteiger partial charge in [-0.3, -0.25) is 9.54 Å². The average molecular weight is 263 g/mol. The van der Waals surface area contributed by atoms with Gasteiger partial charge in [0.15, 0.2) is 0 Å². The summed E-state index contributed by atoms with van der Waals surface area (Å²) in [5.74, 6) is 0. The first-order valence-electron chi connectivity index (χ1n) is 5.40. The number of aryl methyl sites for hydroxylation is 2. The molecule has 94 valence electrons. The maximum atomic E-state index is 11.4. The van der Waals surface area contributed by atoms with Crippen LogP contribution in [0, 0.1) is 13.8 Å². The molecule has 1 N–H and O–H groups in total. The van der Waals surface area contributed by atoms with Crippen LogP contribution in [0.5, 0.6) is 0 Å². The molecule has 2 aromatic rings. The Labute approximate surface area is 106 Å². The third-order valence-corrected chi connectivity index (χ3v) is 3.71. The molecule has 4 nitrogen and oxygen atoms in total. The summed E-state index contributed by atoms with van der Waals surface area (Å²) in [6.07, 6.45) is 1.58. The summed E-state index contributed by atoms with van der Waals surface area (Å²) in [6, 6.07) is 8.41. The van der Waals surface area contributed by atoms with E-state index >= 15 is 0 Å². The third kappa shape index (κ3) is 2.42. The van der Waals surface area contributed by atoms with Crippen LogP contribution in [0.3, 0.4) is 0 Å². The maximum absolute atomic E-state index is 11.4. The topological polar surface area (TPSA) is 67.3 Å². The van der Waals surface area contributed by atoms with Crippen LogP contribution in [0.15, 0.2) is 41.4 Å². The van der Waals surface area contributed by atoms with Crippen LogP contribution in [-0.4, -0.2) is 18.0 Å². The van der Waals surface area contributed by atoms with Crippen molar-refractivity contribution in [2.45, 2.75) is 18.7 Å². The first kappa shape index (κ1) is 12.7. The van der Waals surface area contributed by atoms with Gasteiger partial charge in [-0.05, 0) is 49.2 Å². The molecule has 0 saturated carbocycles. The molecule has 0 atom stereocenters. The van der Waals surface area contributed by atoms with Gasteiger partial charge in [0.1, 0.15) is 4.90 Å². The first-order chi connectivity index (χ1) is 8.39. The summed E-state index contributed by atoms with van der Waals surface area (Å²) < 4.78 is 32.1. The summed E-state index contributed by atoms with van der Waals surface area (Å²) >= 11 is 0. The Morgan fingerprint density at radius 2 is 1.78 bits per heavy atom. The summed E-state index contributed by atoms with van der Waals surface area (Å²) in [4.78, 5) is 4.01. The van der Waals surface area contributed by atoms with Crippen molar-refractivity contribution in [1.29, 1.82) is 0 Å². The Morgan fingerprint density at radius 1 is 1.11 bits per heavy atom. The van der Waals surface area contributed by atoms with Gasteiger partial charge in [0.05, 0.1) is 5.69 Å². The molecule has 0 aliphatic heterocycles. The zero-order valence-corrected chi connectivity index (χ0v) is 10.9. The van der Waals surface area contributed by atoms with E-state index in [1.54, 1.807) is 37.4 Å². The van der Waals surface area contributed by atoms with E-state index in [0.717, 1.165) is 11.1 Å². The van der Waals surface area contributed by atoms with E-state index < -0.39 is 10.1 Å². The second-order valence-corrected chi connectivity index (χ2v) is 5.51. The molecule has 1 aromatic carbocycles. The quantitative estimate of drug-likeness (QED) is 0.846. The van der Waals surface area contributed by atoms with Gasteiger partial charge >= 0.3 is 0 Å². The van der Waals surface area contributed by atoms with E-state index in [4.69, 9.17) is 0 Å². The lowest BCUT2D eigenvalue weighted by Crippen LogP contribution is -2.03. The number of nitrogens with zero attached hydrogens (tertiary/aromatic N) is 1. The van der Waals surface area contributed by atoms with Gasteiger partial charge in [0.25, 0.3) is 10.1 Å². The highest BCUT2D eigenvalue weighted by Gasteiger charge is 2.18. The highest BCUT2D eigenvalue weighted by atomic mass is 32.2. The zero-order chi connectivity index (χ0) is 13.3. The SMILES string of the molecule is Cc1cc(-c2ccccn2)c(S(=O)(=O)O)cc1C. The van der Waals surface area contributed by atoms with Gasteiger partial charge in [-0.15, -0.1) is 0 Å². The van der Waals surface area contributed by atoms with Crippen LogP contribution in [-0.2, 0) is 10.1 Å². The van der Waals surface area contributed by atoms with Gasteiger partial charge in [0, 0.05) is 11.8 Å². The van der Waals surface area contributed by atoms with Gasteiger partial charge in [-0.2, -0.15) is 8.42 Å². The minimum Gasteiger partial charge on any atom is -0.282 e. The molecular formula is C13H13NO3S. The van der Waals surface area contributed by atoms with Crippen molar-refractivity contribution in [2.75, 3.05) is 0 Å². The largest absolute Gasteiger partial charge is 0.295 e. The number of rotatable bonds is 2.